The number of carbonyl (C=O) groups excluding carboxylic acids is 1. The molecule has 0 aliphatic heterocycles. The van der Waals surface area contributed by atoms with E-state index in [1.165, 1.54) is 6.20 Å². The predicted octanol–water partition coefficient (Wildman–Crippen LogP) is 3.65. The number of aromatic nitrogens is 1. The van der Waals surface area contributed by atoms with Gasteiger partial charge in [0.1, 0.15) is 17.5 Å². The van der Waals surface area contributed by atoms with Gasteiger partial charge in [-0.1, -0.05) is 11.6 Å². The van der Waals surface area contributed by atoms with Gasteiger partial charge in [0.2, 0.25) is 0 Å². The van der Waals surface area contributed by atoms with Crippen molar-refractivity contribution in [3.63, 3.8) is 0 Å². The molecule has 1 aromatic carbocycles. The van der Waals surface area contributed by atoms with Crippen molar-refractivity contribution >= 4 is 56.5 Å². The summed E-state index contributed by atoms with van der Waals surface area (Å²) in [5.74, 6) is 0.283. The highest BCUT2D eigenvalue weighted by Crippen LogP contribution is 2.26. The van der Waals surface area contributed by atoms with Crippen LogP contribution in [0.4, 0.5) is 5.69 Å². The highest BCUT2D eigenvalue weighted by molar-refractivity contribution is 9.10. The summed E-state index contributed by atoms with van der Waals surface area (Å²) >= 11 is 14.2. The van der Waals surface area contributed by atoms with Crippen LogP contribution in [0.25, 0.3) is 0 Å². The van der Waals surface area contributed by atoms with Gasteiger partial charge in [-0.05, 0) is 58.5 Å². The molecule has 25 heavy (non-hydrogen) atoms. The van der Waals surface area contributed by atoms with Gasteiger partial charge >= 0.3 is 0 Å². The second kappa shape index (κ2) is 9.67. The lowest BCUT2D eigenvalue weighted by molar-refractivity contribution is 0.0977. The molecule has 9 heteroatoms. The molecule has 0 saturated carbocycles. The van der Waals surface area contributed by atoms with E-state index in [0.717, 1.165) is 0 Å². The number of hydrogen-bond acceptors (Lipinski definition) is 5. The standard InChI is InChI=1S/C16H15BrClN3O3S/c1-23-6-7-24-13-4-2-10(8-12(13)17)15(22)21-16(25)20-11-3-5-14(18)19-9-11/h2-5,8-9H,6-7H2,1H3,(H2,20,21,22,25). The molecular formula is C16H15BrClN3O3S. The van der Waals surface area contributed by atoms with E-state index in [0.29, 0.717) is 39.8 Å². The Morgan fingerprint density at radius 3 is 2.76 bits per heavy atom. The van der Waals surface area contributed by atoms with Crippen molar-refractivity contribution in [3.8, 4) is 5.75 Å². The van der Waals surface area contributed by atoms with Gasteiger partial charge in [-0.15, -0.1) is 0 Å². The van der Waals surface area contributed by atoms with Gasteiger partial charge in [0.25, 0.3) is 5.91 Å². The van der Waals surface area contributed by atoms with Crippen LogP contribution >= 0.6 is 39.7 Å². The van der Waals surface area contributed by atoms with Gasteiger partial charge in [0, 0.05) is 12.7 Å². The fourth-order valence-electron chi connectivity index (χ4n) is 1.78. The fourth-order valence-corrected chi connectivity index (χ4v) is 2.60. The van der Waals surface area contributed by atoms with Crippen molar-refractivity contribution in [2.45, 2.75) is 0 Å². The number of nitrogens with one attached hydrogen (secondary N) is 2. The van der Waals surface area contributed by atoms with Gasteiger partial charge in [-0.3, -0.25) is 10.1 Å². The van der Waals surface area contributed by atoms with Crippen molar-refractivity contribution in [2.75, 3.05) is 25.6 Å². The molecule has 2 rings (SSSR count). The zero-order valence-electron chi connectivity index (χ0n) is 13.2. The second-order valence-electron chi connectivity index (χ2n) is 4.76. The van der Waals surface area contributed by atoms with E-state index in [4.69, 9.17) is 33.3 Å². The Labute approximate surface area is 164 Å². The molecule has 0 radical (unpaired) electrons. The maximum Gasteiger partial charge on any atom is 0.257 e. The SMILES string of the molecule is COCCOc1ccc(C(=O)NC(=S)Nc2ccc(Cl)nc2)cc1Br. The van der Waals surface area contributed by atoms with E-state index in [9.17, 15) is 4.79 Å². The van der Waals surface area contributed by atoms with Crippen LogP contribution in [-0.2, 0) is 4.74 Å². The highest BCUT2D eigenvalue weighted by atomic mass is 79.9. The summed E-state index contributed by atoms with van der Waals surface area (Å²) in [6.45, 7) is 0.901. The highest BCUT2D eigenvalue weighted by Gasteiger charge is 2.11. The summed E-state index contributed by atoms with van der Waals surface area (Å²) in [5.41, 5.74) is 1.06. The Bertz CT molecular complexity index is 759. The van der Waals surface area contributed by atoms with Crippen molar-refractivity contribution in [2.24, 2.45) is 0 Å². The lowest BCUT2D eigenvalue weighted by Gasteiger charge is -2.11. The van der Waals surface area contributed by atoms with Gasteiger partial charge in [0.05, 0.1) is 23.0 Å². The van der Waals surface area contributed by atoms with Crippen LogP contribution < -0.4 is 15.4 Å². The van der Waals surface area contributed by atoms with E-state index in [-0.39, 0.29) is 11.0 Å². The fraction of sp³-hybridized carbons (Fsp3) is 0.188. The topological polar surface area (TPSA) is 72.5 Å². The zero-order valence-corrected chi connectivity index (χ0v) is 16.4. The lowest BCUT2D eigenvalue weighted by Crippen LogP contribution is -2.34. The summed E-state index contributed by atoms with van der Waals surface area (Å²) in [6, 6.07) is 8.33. The minimum atomic E-state index is -0.344. The van der Waals surface area contributed by atoms with Gasteiger partial charge in [0.15, 0.2) is 5.11 Å². The van der Waals surface area contributed by atoms with Crippen molar-refractivity contribution in [1.82, 2.24) is 10.3 Å². The molecule has 0 aliphatic carbocycles. The average molecular weight is 445 g/mol. The number of rotatable bonds is 6. The number of thiocarbonyl (C=S) groups is 1. The third-order valence-electron chi connectivity index (χ3n) is 2.95. The van der Waals surface area contributed by atoms with Crippen LogP contribution in [-0.4, -0.2) is 36.3 Å². The summed E-state index contributed by atoms with van der Waals surface area (Å²) < 4.78 is 11.1. The molecule has 2 N–H and O–H groups in total. The summed E-state index contributed by atoms with van der Waals surface area (Å²) in [6.07, 6.45) is 1.52. The number of halogens is 2. The van der Waals surface area contributed by atoms with Gasteiger partial charge < -0.3 is 14.8 Å². The molecule has 0 aliphatic rings. The van der Waals surface area contributed by atoms with E-state index >= 15 is 0 Å². The molecule has 0 bridgehead atoms. The van der Waals surface area contributed by atoms with E-state index in [1.54, 1.807) is 37.4 Å². The smallest absolute Gasteiger partial charge is 0.257 e. The number of carbonyl (C=O) groups is 1. The number of ether oxygens (including phenoxy) is 2. The van der Waals surface area contributed by atoms with Crippen molar-refractivity contribution in [3.05, 3.63) is 51.7 Å². The number of nitrogens with zero attached hydrogens (tertiary/aromatic N) is 1. The Kier molecular flexibility index (Phi) is 7.57. The average Bonchev–Trinajstić information content (AvgIpc) is 2.58. The number of anilines is 1. The number of methoxy groups -OCH3 is 1. The minimum absolute atomic E-state index is 0.158. The predicted molar refractivity (Wildman–Crippen MR) is 104 cm³/mol. The van der Waals surface area contributed by atoms with Crippen LogP contribution in [0.2, 0.25) is 5.15 Å². The molecule has 0 fully saturated rings. The van der Waals surface area contributed by atoms with Crippen molar-refractivity contribution in [1.29, 1.82) is 0 Å². The van der Waals surface area contributed by atoms with Crippen LogP contribution in [0.3, 0.4) is 0 Å². The lowest BCUT2D eigenvalue weighted by atomic mass is 10.2. The third-order valence-corrected chi connectivity index (χ3v) is 4.00. The van der Waals surface area contributed by atoms with Crippen LogP contribution in [0.15, 0.2) is 41.0 Å². The number of hydrogen-bond donors (Lipinski definition) is 2. The summed E-state index contributed by atoms with van der Waals surface area (Å²) in [5, 5.41) is 5.99. The first-order chi connectivity index (χ1) is 12.0. The Hall–Kier alpha value is -1.74. The molecule has 1 aromatic heterocycles. The van der Waals surface area contributed by atoms with E-state index in [1.807, 2.05) is 0 Å². The minimum Gasteiger partial charge on any atom is -0.490 e. The maximum absolute atomic E-state index is 12.3. The second-order valence-corrected chi connectivity index (χ2v) is 6.41. The third kappa shape index (κ3) is 6.24. The molecule has 2 aromatic rings. The van der Waals surface area contributed by atoms with Crippen LogP contribution in [0.1, 0.15) is 10.4 Å². The van der Waals surface area contributed by atoms with Crippen LogP contribution in [0, 0.1) is 0 Å². The van der Waals surface area contributed by atoms with E-state index in [2.05, 4.69) is 31.5 Å². The first kappa shape index (κ1) is 19.6. The maximum atomic E-state index is 12.3. The number of amides is 1. The van der Waals surface area contributed by atoms with Gasteiger partial charge in [-0.2, -0.15) is 0 Å². The van der Waals surface area contributed by atoms with E-state index < -0.39 is 0 Å². The molecule has 0 atom stereocenters. The molecule has 0 spiro atoms. The van der Waals surface area contributed by atoms with Gasteiger partial charge in [-0.25, -0.2) is 4.98 Å². The summed E-state index contributed by atoms with van der Waals surface area (Å²) in [7, 11) is 1.60. The molecule has 1 heterocycles. The quantitative estimate of drug-likeness (QED) is 0.402. The Morgan fingerprint density at radius 2 is 2.12 bits per heavy atom. The summed E-state index contributed by atoms with van der Waals surface area (Å²) in [4.78, 5) is 16.2. The zero-order chi connectivity index (χ0) is 18.2. The molecule has 0 saturated heterocycles. The monoisotopic (exact) mass is 443 g/mol. The van der Waals surface area contributed by atoms with Crippen molar-refractivity contribution < 1.29 is 14.3 Å². The molecular weight excluding hydrogens is 430 g/mol. The Morgan fingerprint density at radius 1 is 1.32 bits per heavy atom. The molecule has 132 valence electrons. The Balaban J connectivity index is 1.94. The molecule has 0 unspecified atom stereocenters. The normalized spacial score (nSPS) is 10.2. The molecule has 6 nitrogen and oxygen atoms in total. The first-order valence-electron chi connectivity index (χ1n) is 7.15. The largest absolute Gasteiger partial charge is 0.490 e. The number of pyridine rings is 1. The number of benzene rings is 1. The van der Waals surface area contributed by atoms with Crippen LogP contribution in [0.5, 0.6) is 5.75 Å². The molecule has 1 amide bonds. The first-order valence-corrected chi connectivity index (χ1v) is 8.72.